The topological polar surface area (TPSA) is 50.2 Å². The molecule has 1 rings (SSSR count). The lowest BCUT2D eigenvalue weighted by atomic mass is 10.2. The fourth-order valence-electron chi connectivity index (χ4n) is 1.40. The average molecular weight is 303 g/mol. The van der Waals surface area contributed by atoms with E-state index >= 15 is 0 Å². The van der Waals surface area contributed by atoms with Gasteiger partial charge in [-0.2, -0.15) is 5.10 Å². The van der Waals surface area contributed by atoms with E-state index in [1.165, 1.54) is 4.68 Å². The van der Waals surface area contributed by atoms with Gasteiger partial charge in [0.15, 0.2) is 0 Å². The Labute approximate surface area is 110 Å². The monoisotopic (exact) mass is 302 g/mol. The zero-order valence-electron chi connectivity index (χ0n) is 10.7. The van der Waals surface area contributed by atoms with Gasteiger partial charge in [0.25, 0.3) is 5.56 Å². The van der Waals surface area contributed by atoms with Gasteiger partial charge in [-0.1, -0.05) is 0 Å². The van der Waals surface area contributed by atoms with Gasteiger partial charge in [0.1, 0.15) is 4.47 Å². The third-order valence-electron chi connectivity index (χ3n) is 2.49. The van der Waals surface area contributed by atoms with Crippen LogP contribution in [0.4, 0.5) is 5.69 Å². The van der Waals surface area contributed by atoms with E-state index in [9.17, 15) is 4.79 Å². The number of rotatable bonds is 5. The largest absolute Gasteiger partial charge is 0.380 e. The van der Waals surface area contributed by atoms with Crippen LogP contribution in [-0.2, 0) is 7.05 Å². The van der Waals surface area contributed by atoms with Crippen molar-refractivity contribution in [3.63, 3.8) is 0 Å². The fourth-order valence-corrected chi connectivity index (χ4v) is 1.87. The quantitative estimate of drug-likeness (QED) is 0.891. The molecule has 0 bridgehead atoms. The summed E-state index contributed by atoms with van der Waals surface area (Å²) in [5, 5.41) is 7.27. The van der Waals surface area contributed by atoms with Crippen LogP contribution in [0, 0.1) is 0 Å². The Morgan fingerprint density at radius 3 is 2.82 bits per heavy atom. The van der Waals surface area contributed by atoms with Crippen molar-refractivity contribution < 1.29 is 0 Å². The molecule has 0 aliphatic heterocycles. The van der Waals surface area contributed by atoms with E-state index in [1.807, 2.05) is 14.1 Å². The molecule has 1 unspecified atom stereocenters. The van der Waals surface area contributed by atoms with Crippen molar-refractivity contribution in [2.75, 3.05) is 26.0 Å². The van der Waals surface area contributed by atoms with Gasteiger partial charge in [0.2, 0.25) is 0 Å². The molecule has 0 amide bonds. The Hall–Kier alpha value is -0.880. The minimum absolute atomic E-state index is 0.130. The Morgan fingerprint density at radius 1 is 1.59 bits per heavy atom. The molecular formula is C11H19BrN4O. The van der Waals surface area contributed by atoms with Crippen molar-refractivity contribution in [1.29, 1.82) is 0 Å². The number of hydrogen-bond donors (Lipinski definition) is 1. The van der Waals surface area contributed by atoms with Crippen LogP contribution in [0.25, 0.3) is 0 Å². The van der Waals surface area contributed by atoms with Crippen molar-refractivity contribution in [2.45, 2.75) is 19.4 Å². The summed E-state index contributed by atoms with van der Waals surface area (Å²) < 4.78 is 1.84. The maximum Gasteiger partial charge on any atom is 0.282 e. The molecule has 1 N–H and O–H groups in total. The molecule has 0 spiro atoms. The maximum absolute atomic E-state index is 11.6. The second-order valence-electron chi connectivity index (χ2n) is 4.44. The van der Waals surface area contributed by atoms with Gasteiger partial charge in [0, 0.05) is 13.1 Å². The van der Waals surface area contributed by atoms with Gasteiger partial charge >= 0.3 is 0 Å². The molecule has 5 nitrogen and oxygen atoms in total. The number of aryl methyl sites for hydroxylation is 1. The van der Waals surface area contributed by atoms with E-state index in [-0.39, 0.29) is 5.56 Å². The summed E-state index contributed by atoms with van der Waals surface area (Å²) >= 11 is 3.29. The van der Waals surface area contributed by atoms with E-state index in [2.05, 4.69) is 38.2 Å². The molecule has 96 valence electrons. The normalized spacial score (nSPS) is 12.8. The summed E-state index contributed by atoms with van der Waals surface area (Å²) in [6.45, 7) is 3.09. The van der Waals surface area contributed by atoms with Crippen LogP contribution in [0.15, 0.2) is 15.5 Å². The number of halogens is 1. The summed E-state index contributed by atoms with van der Waals surface area (Å²) in [6, 6.07) is 0.294. The highest BCUT2D eigenvalue weighted by Crippen LogP contribution is 2.17. The predicted octanol–water partition coefficient (Wildman–Crippen LogP) is 1.29. The van der Waals surface area contributed by atoms with E-state index < -0.39 is 0 Å². The highest BCUT2D eigenvalue weighted by molar-refractivity contribution is 9.10. The summed E-state index contributed by atoms with van der Waals surface area (Å²) in [6.07, 6.45) is 2.67. The second-order valence-corrected chi connectivity index (χ2v) is 5.23. The Morgan fingerprint density at radius 2 is 2.24 bits per heavy atom. The van der Waals surface area contributed by atoms with Gasteiger partial charge in [-0.3, -0.25) is 4.79 Å². The summed E-state index contributed by atoms with van der Waals surface area (Å²) in [5.74, 6) is 0. The third kappa shape index (κ3) is 4.12. The Bertz CT molecular complexity index is 430. The van der Waals surface area contributed by atoms with Crippen molar-refractivity contribution in [2.24, 2.45) is 7.05 Å². The number of nitrogens with one attached hydrogen (secondary N) is 1. The maximum atomic E-state index is 11.6. The number of hydrogen-bond acceptors (Lipinski definition) is 4. The molecule has 6 heteroatoms. The first-order chi connectivity index (χ1) is 7.91. The Kier molecular flexibility index (Phi) is 5.14. The molecule has 0 radical (unpaired) electrons. The van der Waals surface area contributed by atoms with Crippen molar-refractivity contribution in [1.82, 2.24) is 14.7 Å². The van der Waals surface area contributed by atoms with Crippen LogP contribution in [0.1, 0.15) is 13.3 Å². The van der Waals surface area contributed by atoms with Crippen LogP contribution < -0.4 is 10.9 Å². The van der Waals surface area contributed by atoms with Gasteiger partial charge in [-0.25, -0.2) is 4.68 Å². The number of nitrogens with zero attached hydrogens (tertiary/aromatic N) is 3. The standard InChI is InChI=1S/C11H19BrN4O/c1-8(5-6-15(2)3)14-9-7-13-16(4)11(17)10(9)12/h7-8,14H,5-6H2,1-4H3. The molecule has 0 saturated carbocycles. The van der Waals surface area contributed by atoms with Crippen LogP contribution >= 0.6 is 15.9 Å². The molecule has 1 atom stereocenters. The number of anilines is 1. The highest BCUT2D eigenvalue weighted by Gasteiger charge is 2.09. The SMILES string of the molecule is CC(CCN(C)C)Nc1cnn(C)c(=O)c1Br. The molecule has 0 fully saturated rings. The van der Waals surface area contributed by atoms with Crippen LogP contribution in [0.3, 0.4) is 0 Å². The molecule has 0 aliphatic carbocycles. The molecule has 1 heterocycles. The molecule has 0 aromatic carbocycles. The second kappa shape index (κ2) is 6.16. The van der Waals surface area contributed by atoms with Gasteiger partial charge in [-0.15, -0.1) is 0 Å². The van der Waals surface area contributed by atoms with Crippen molar-refractivity contribution in [3.05, 3.63) is 21.0 Å². The molecule has 1 aromatic heterocycles. The molecule has 17 heavy (non-hydrogen) atoms. The van der Waals surface area contributed by atoms with Gasteiger partial charge < -0.3 is 10.2 Å². The highest BCUT2D eigenvalue weighted by atomic mass is 79.9. The van der Waals surface area contributed by atoms with Gasteiger partial charge in [0.05, 0.1) is 11.9 Å². The third-order valence-corrected chi connectivity index (χ3v) is 3.26. The first-order valence-electron chi connectivity index (χ1n) is 5.55. The summed E-state index contributed by atoms with van der Waals surface area (Å²) in [4.78, 5) is 13.8. The predicted molar refractivity (Wildman–Crippen MR) is 73.4 cm³/mol. The fraction of sp³-hybridized carbons (Fsp3) is 0.636. The summed E-state index contributed by atoms with van der Waals surface area (Å²) in [5.41, 5.74) is 0.620. The molecular weight excluding hydrogens is 284 g/mol. The average Bonchev–Trinajstić information content (AvgIpc) is 2.27. The molecule has 0 saturated heterocycles. The lowest BCUT2D eigenvalue weighted by Gasteiger charge is -2.18. The lowest BCUT2D eigenvalue weighted by Crippen LogP contribution is -2.26. The minimum atomic E-state index is -0.130. The minimum Gasteiger partial charge on any atom is -0.380 e. The zero-order chi connectivity index (χ0) is 13.0. The van der Waals surface area contributed by atoms with Crippen LogP contribution in [0.2, 0.25) is 0 Å². The number of aromatic nitrogens is 2. The Balaban J connectivity index is 2.69. The van der Waals surface area contributed by atoms with E-state index in [4.69, 9.17) is 0 Å². The van der Waals surface area contributed by atoms with Crippen molar-refractivity contribution in [3.8, 4) is 0 Å². The van der Waals surface area contributed by atoms with Crippen LogP contribution in [0.5, 0.6) is 0 Å². The summed E-state index contributed by atoms with van der Waals surface area (Å²) in [7, 11) is 5.72. The molecule has 0 aliphatic rings. The molecule has 1 aromatic rings. The van der Waals surface area contributed by atoms with E-state index in [0.717, 1.165) is 18.7 Å². The van der Waals surface area contributed by atoms with Crippen molar-refractivity contribution >= 4 is 21.6 Å². The first kappa shape index (κ1) is 14.2. The van der Waals surface area contributed by atoms with E-state index in [0.29, 0.717) is 10.5 Å². The zero-order valence-corrected chi connectivity index (χ0v) is 12.3. The van der Waals surface area contributed by atoms with Crippen LogP contribution in [-0.4, -0.2) is 41.4 Å². The first-order valence-corrected chi connectivity index (χ1v) is 6.34. The smallest absolute Gasteiger partial charge is 0.282 e. The van der Waals surface area contributed by atoms with E-state index in [1.54, 1.807) is 13.2 Å². The lowest BCUT2D eigenvalue weighted by molar-refractivity contribution is 0.390. The van der Waals surface area contributed by atoms with Gasteiger partial charge in [-0.05, 0) is 49.9 Å².